The predicted molar refractivity (Wildman–Crippen MR) is 123 cm³/mol. The van der Waals surface area contributed by atoms with E-state index in [4.69, 9.17) is 10.1 Å². The first-order valence-corrected chi connectivity index (χ1v) is 11.1. The van der Waals surface area contributed by atoms with Crippen LogP contribution in [0.2, 0.25) is 0 Å². The van der Waals surface area contributed by atoms with Gasteiger partial charge in [0.15, 0.2) is 0 Å². The maximum absolute atomic E-state index is 13.3. The Morgan fingerprint density at radius 1 is 1.00 bits per heavy atom. The molecule has 0 aliphatic carbocycles. The van der Waals surface area contributed by atoms with Gasteiger partial charge in [-0.2, -0.15) is 0 Å². The summed E-state index contributed by atoms with van der Waals surface area (Å²) >= 11 is 1.15. The summed E-state index contributed by atoms with van der Waals surface area (Å²) in [6.07, 6.45) is 10.0. The summed E-state index contributed by atoms with van der Waals surface area (Å²) < 4.78 is 0. The number of carbonyl (C=O) groups excluding carboxylic acids is 1. The van der Waals surface area contributed by atoms with Gasteiger partial charge in [-0.1, -0.05) is 25.0 Å². The van der Waals surface area contributed by atoms with Gasteiger partial charge in [0.2, 0.25) is 0 Å². The number of hydrogen-bond acceptors (Lipinski definition) is 6. The molecule has 1 aromatic carbocycles. The molecule has 3 aromatic rings. The highest BCUT2D eigenvalue weighted by Gasteiger charge is 2.21. The molecule has 1 aliphatic heterocycles. The largest absolute Gasteiger partial charge is 0.356 e. The van der Waals surface area contributed by atoms with E-state index >= 15 is 0 Å². The molecule has 2 aromatic heterocycles. The van der Waals surface area contributed by atoms with E-state index in [2.05, 4.69) is 15.2 Å². The molecule has 0 atom stereocenters. The van der Waals surface area contributed by atoms with Crippen LogP contribution < -0.4 is 15.4 Å². The van der Waals surface area contributed by atoms with Crippen molar-refractivity contribution < 1.29 is 4.79 Å². The van der Waals surface area contributed by atoms with Crippen molar-refractivity contribution in [3.63, 3.8) is 0 Å². The minimum Gasteiger partial charge on any atom is -0.356 e. The molecule has 6 nitrogen and oxygen atoms in total. The van der Waals surface area contributed by atoms with Crippen molar-refractivity contribution in [2.75, 3.05) is 23.3 Å². The number of anilines is 2. The van der Waals surface area contributed by atoms with Gasteiger partial charge in [0, 0.05) is 53.4 Å². The van der Waals surface area contributed by atoms with Gasteiger partial charge in [-0.25, -0.2) is 4.98 Å². The van der Waals surface area contributed by atoms with E-state index in [0.717, 1.165) is 59.7 Å². The molecule has 1 saturated heterocycles. The van der Waals surface area contributed by atoms with Crippen LogP contribution in [0, 0.1) is 0 Å². The quantitative estimate of drug-likeness (QED) is 0.581. The van der Waals surface area contributed by atoms with E-state index in [1.807, 2.05) is 48.7 Å². The van der Waals surface area contributed by atoms with Crippen molar-refractivity contribution >= 4 is 29.4 Å². The third-order valence-corrected chi connectivity index (χ3v) is 5.77. The molecule has 0 bridgehead atoms. The number of nitrogens with two attached hydrogens (primary N) is 1. The minimum absolute atomic E-state index is 0.174. The van der Waals surface area contributed by atoms with E-state index in [9.17, 15) is 4.79 Å². The fourth-order valence-electron chi connectivity index (χ4n) is 3.70. The van der Waals surface area contributed by atoms with Gasteiger partial charge < -0.3 is 10.2 Å². The van der Waals surface area contributed by atoms with Crippen LogP contribution in [0.5, 0.6) is 0 Å². The van der Waals surface area contributed by atoms with Crippen molar-refractivity contribution in [3.05, 3.63) is 66.6 Å². The molecule has 1 fully saturated rings. The molecule has 1 aliphatic rings. The van der Waals surface area contributed by atoms with Gasteiger partial charge in [0.25, 0.3) is 5.91 Å². The number of benzene rings is 1. The molecular formula is C23H25N5OS. The normalized spacial score (nSPS) is 14.2. The average Bonchev–Trinajstić information content (AvgIpc) is 3.09. The first-order chi connectivity index (χ1) is 14.7. The third-order valence-electron chi connectivity index (χ3n) is 5.24. The highest BCUT2D eigenvalue weighted by Crippen LogP contribution is 2.28. The Bertz CT molecular complexity index is 1000. The van der Waals surface area contributed by atoms with Gasteiger partial charge in [-0.15, -0.1) is 0 Å². The number of pyridine rings is 2. The summed E-state index contributed by atoms with van der Waals surface area (Å²) in [5.41, 5.74) is 3.09. The zero-order valence-electron chi connectivity index (χ0n) is 16.8. The van der Waals surface area contributed by atoms with Crippen LogP contribution in [0.25, 0.3) is 11.1 Å². The summed E-state index contributed by atoms with van der Waals surface area (Å²) in [6, 6.07) is 13.3. The number of amides is 1. The van der Waals surface area contributed by atoms with E-state index in [1.165, 1.54) is 12.8 Å². The topological polar surface area (TPSA) is 84.1 Å². The van der Waals surface area contributed by atoms with E-state index in [1.54, 1.807) is 12.4 Å². The molecule has 3 heterocycles. The third kappa shape index (κ3) is 4.80. The smallest absolute Gasteiger partial charge is 0.259 e. The fraction of sp³-hybridized carbons (Fsp3) is 0.261. The number of nitrogens with zero attached hydrogens (tertiary/aromatic N) is 3. The molecule has 0 saturated carbocycles. The number of aromatic nitrogens is 2. The maximum Gasteiger partial charge on any atom is 0.259 e. The van der Waals surface area contributed by atoms with Crippen LogP contribution >= 0.6 is 11.9 Å². The molecule has 1 amide bonds. The molecule has 0 radical (unpaired) electrons. The molecule has 0 spiro atoms. The number of hydrogen-bond donors (Lipinski definition) is 2. The number of nitrogens with one attached hydrogen (secondary N) is 1. The predicted octanol–water partition coefficient (Wildman–Crippen LogP) is 4.74. The van der Waals surface area contributed by atoms with E-state index < -0.39 is 0 Å². The zero-order chi connectivity index (χ0) is 20.8. The van der Waals surface area contributed by atoms with Gasteiger partial charge in [-0.05, 0) is 55.1 Å². The van der Waals surface area contributed by atoms with Crippen molar-refractivity contribution in [1.82, 2.24) is 9.97 Å². The molecule has 30 heavy (non-hydrogen) atoms. The Kier molecular flexibility index (Phi) is 6.61. The summed E-state index contributed by atoms with van der Waals surface area (Å²) in [7, 11) is 0. The van der Waals surface area contributed by atoms with Gasteiger partial charge in [0.05, 0.1) is 5.56 Å². The SMILES string of the molecule is NSc1cccc(NC(=O)c2cc(-c3cccnc3)cnc2N2CCCCCC2)c1. The van der Waals surface area contributed by atoms with Crippen molar-refractivity contribution in [2.45, 2.75) is 30.6 Å². The Hall–Kier alpha value is -2.90. The standard InChI is InChI=1S/C23H25N5OS/c24-30-20-9-5-8-19(14-20)27-23(29)21-13-18(17-7-6-10-25-15-17)16-26-22(21)28-11-3-1-2-4-12-28/h5-10,13-16H,1-4,11-12,24H2,(H,27,29). The van der Waals surface area contributed by atoms with Crippen LogP contribution in [0.3, 0.4) is 0 Å². The van der Waals surface area contributed by atoms with E-state index in [-0.39, 0.29) is 5.91 Å². The highest BCUT2D eigenvalue weighted by molar-refractivity contribution is 7.97. The van der Waals surface area contributed by atoms with E-state index in [0.29, 0.717) is 11.3 Å². The number of carbonyl (C=O) groups is 1. The van der Waals surface area contributed by atoms with Crippen molar-refractivity contribution in [3.8, 4) is 11.1 Å². The Labute approximate surface area is 181 Å². The Balaban J connectivity index is 1.70. The van der Waals surface area contributed by atoms with Crippen LogP contribution in [0.4, 0.5) is 11.5 Å². The second kappa shape index (κ2) is 9.73. The average molecular weight is 420 g/mol. The number of rotatable bonds is 5. The first-order valence-electron chi connectivity index (χ1n) is 10.2. The van der Waals surface area contributed by atoms with Crippen LogP contribution in [-0.2, 0) is 0 Å². The summed E-state index contributed by atoms with van der Waals surface area (Å²) in [6.45, 7) is 1.83. The second-order valence-electron chi connectivity index (χ2n) is 7.34. The second-order valence-corrected chi connectivity index (χ2v) is 8.05. The van der Waals surface area contributed by atoms with Crippen LogP contribution in [-0.4, -0.2) is 29.0 Å². The zero-order valence-corrected chi connectivity index (χ0v) is 17.6. The Morgan fingerprint density at radius 3 is 2.57 bits per heavy atom. The summed E-state index contributed by atoms with van der Waals surface area (Å²) in [5.74, 6) is 0.568. The minimum atomic E-state index is -0.174. The van der Waals surface area contributed by atoms with Crippen LogP contribution in [0.15, 0.2) is 66.0 Å². The lowest BCUT2D eigenvalue weighted by atomic mass is 10.1. The molecule has 7 heteroatoms. The monoisotopic (exact) mass is 419 g/mol. The van der Waals surface area contributed by atoms with Gasteiger partial charge in [-0.3, -0.25) is 14.9 Å². The highest BCUT2D eigenvalue weighted by atomic mass is 32.2. The molecule has 0 unspecified atom stereocenters. The molecule has 3 N–H and O–H groups in total. The van der Waals surface area contributed by atoms with Gasteiger partial charge in [0.1, 0.15) is 5.82 Å². The van der Waals surface area contributed by atoms with Crippen molar-refractivity contribution in [1.29, 1.82) is 0 Å². The maximum atomic E-state index is 13.3. The lowest BCUT2D eigenvalue weighted by Crippen LogP contribution is -2.28. The summed E-state index contributed by atoms with van der Waals surface area (Å²) in [4.78, 5) is 25.4. The lowest BCUT2D eigenvalue weighted by molar-refractivity contribution is 0.102. The first kappa shape index (κ1) is 20.4. The van der Waals surface area contributed by atoms with Gasteiger partial charge >= 0.3 is 0 Å². The Morgan fingerprint density at radius 2 is 1.83 bits per heavy atom. The lowest BCUT2D eigenvalue weighted by Gasteiger charge is -2.24. The summed E-state index contributed by atoms with van der Waals surface area (Å²) in [5, 5.41) is 8.68. The molecule has 4 rings (SSSR count). The fourth-order valence-corrected chi connectivity index (χ4v) is 4.05. The molecule has 154 valence electrons. The molecular weight excluding hydrogens is 394 g/mol. The van der Waals surface area contributed by atoms with Crippen LogP contribution in [0.1, 0.15) is 36.0 Å². The van der Waals surface area contributed by atoms with Crippen molar-refractivity contribution in [2.24, 2.45) is 5.14 Å².